The van der Waals surface area contributed by atoms with E-state index in [1.54, 1.807) is 6.07 Å². The summed E-state index contributed by atoms with van der Waals surface area (Å²) in [4.78, 5) is 15.6. The standard InChI is InChI=1S/C10H18N4.C5H6ClN3/c1-3-4-5-6-12-9-7-8(2)13-10(11)14-9;1-3-2-4(6)9-5(7)8-3/h7H,3-6H2,1-2H3,(H3,11,12,13,14);2H,1H3,(H2,7,8,9). The third kappa shape index (κ3) is 8.15. The van der Waals surface area contributed by atoms with Gasteiger partial charge in [0.15, 0.2) is 0 Å². The van der Waals surface area contributed by atoms with Crippen LogP contribution in [0.1, 0.15) is 37.6 Å². The molecule has 0 saturated heterocycles. The lowest BCUT2D eigenvalue weighted by atomic mass is 10.2. The first-order chi connectivity index (χ1) is 10.9. The fraction of sp³-hybridized carbons (Fsp3) is 0.467. The number of nitrogens with two attached hydrogens (primary N) is 2. The van der Waals surface area contributed by atoms with E-state index in [1.807, 2.05) is 19.9 Å². The Kier molecular flexibility index (Phi) is 8.04. The number of hydrogen-bond donors (Lipinski definition) is 3. The Morgan fingerprint density at radius 3 is 2.09 bits per heavy atom. The molecule has 0 atom stereocenters. The molecule has 2 rings (SSSR count). The van der Waals surface area contributed by atoms with Crippen LogP contribution in [0.3, 0.4) is 0 Å². The maximum Gasteiger partial charge on any atom is 0.222 e. The van der Waals surface area contributed by atoms with Gasteiger partial charge in [-0.2, -0.15) is 4.98 Å². The molecule has 8 heteroatoms. The van der Waals surface area contributed by atoms with Crippen molar-refractivity contribution in [2.24, 2.45) is 0 Å². The van der Waals surface area contributed by atoms with Gasteiger partial charge in [-0.15, -0.1) is 0 Å². The molecule has 7 nitrogen and oxygen atoms in total. The lowest BCUT2D eigenvalue weighted by Crippen LogP contribution is -2.06. The van der Waals surface area contributed by atoms with Gasteiger partial charge >= 0.3 is 0 Å². The fourth-order valence-electron chi connectivity index (χ4n) is 1.83. The van der Waals surface area contributed by atoms with Gasteiger partial charge in [0.1, 0.15) is 11.0 Å². The summed E-state index contributed by atoms with van der Waals surface area (Å²) in [6.45, 7) is 6.86. The summed E-state index contributed by atoms with van der Waals surface area (Å²) in [5, 5.41) is 3.62. The molecule has 0 spiro atoms. The van der Waals surface area contributed by atoms with Gasteiger partial charge in [0.25, 0.3) is 0 Å². The van der Waals surface area contributed by atoms with Crippen molar-refractivity contribution in [3.63, 3.8) is 0 Å². The van der Waals surface area contributed by atoms with Crippen molar-refractivity contribution >= 4 is 29.3 Å². The van der Waals surface area contributed by atoms with Crippen molar-refractivity contribution in [1.82, 2.24) is 19.9 Å². The van der Waals surface area contributed by atoms with Gasteiger partial charge in [-0.1, -0.05) is 31.4 Å². The molecule has 126 valence electrons. The molecular weight excluding hydrogens is 314 g/mol. The van der Waals surface area contributed by atoms with E-state index in [1.165, 1.54) is 19.3 Å². The number of hydrogen-bond acceptors (Lipinski definition) is 7. The summed E-state index contributed by atoms with van der Waals surface area (Å²) in [6, 6.07) is 3.56. The quantitative estimate of drug-likeness (QED) is 0.567. The average Bonchev–Trinajstić information content (AvgIpc) is 2.42. The number of unbranched alkanes of at least 4 members (excludes halogenated alkanes) is 2. The lowest BCUT2D eigenvalue weighted by molar-refractivity contribution is 0.742. The highest BCUT2D eigenvalue weighted by atomic mass is 35.5. The number of aryl methyl sites for hydroxylation is 2. The van der Waals surface area contributed by atoms with E-state index in [0.717, 1.165) is 23.8 Å². The van der Waals surface area contributed by atoms with Crippen LogP contribution in [-0.4, -0.2) is 26.5 Å². The SMILES string of the molecule is CCCCCNc1cc(C)nc(N)n1.Cc1cc(Cl)nc(N)n1. The van der Waals surface area contributed by atoms with Crippen molar-refractivity contribution < 1.29 is 0 Å². The number of halogens is 1. The summed E-state index contributed by atoms with van der Waals surface area (Å²) in [5.74, 6) is 1.38. The molecule has 0 aliphatic rings. The molecule has 0 radical (unpaired) electrons. The Morgan fingerprint density at radius 1 is 0.957 bits per heavy atom. The molecule has 0 aliphatic carbocycles. The zero-order chi connectivity index (χ0) is 17.2. The van der Waals surface area contributed by atoms with Gasteiger partial charge < -0.3 is 16.8 Å². The zero-order valence-corrected chi connectivity index (χ0v) is 14.6. The van der Waals surface area contributed by atoms with Crippen LogP contribution < -0.4 is 16.8 Å². The van der Waals surface area contributed by atoms with Crippen LogP contribution in [-0.2, 0) is 0 Å². The van der Waals surface area contributed by atoms with E-state index in [9.17, 15) is 0 Å². The Hall–Kier alpha value is -2.15. The second-order valence-corrected chi connectivity index (χ2v) is 5.46. The number of nitrogens with zero attached hydrogens (tertiary/aromatic N) is 4. The summed E-state index contributed by atoms with van der Waals surface area (Å²) in [6.07, 6.45) is 3.64. The van der Waals surface area contributed by atoms with Crippen LogP contribution in [0, 0.1) is 13.8 Å². The van der Waals surface area contributed by atoms with Crippen LogP contribution in [0.4, 0.5) is 17.7 Å². The molecule has 2 aromatic heterocycles. The van der Waals surface area contributed by atoms with E-state index in [2.05, 4.69) is 32.2 Å². The van der Waals surface area contributed by atoms with Gasteiger partial charge in [-0.25, -0.2) is 15.0 Å². The molecule has 5 N–H and O–H groups in total. The normalized spacial score (nSPS) is 9.91. The molecule has 0 fully saturated rings. The highest BCUT2D eigenvalue weighted by molar-refractivity contribution is 6.29. The highest BCUT2D eigenvalue weighted by Gasteiger charge is 1.97. The Labute approximate surface area is 141 Å². The summed E-state index contributed by atoms with van der Waals surface area (Å²) in [5.41, 5.74) is 12.5. The van der Waals surface area contributed by atoms with Crippen molar-refractivity contribution in [3.8, 4) is 0 Å². The van der Waals surface area contributed by atoms with Crippen molar-refractivity contribution in [2.75, 3.05) is 23.3 Å². The smallest absolute Gasteiger partial charge is 0.222 e. The van der Waals surface area contributed by atoms with E-state index in [-0.39, 0.29) is 5.95 Å². The molecule has 0 amide bonds. The molecule has 2 aromatic rings. The van der Waals surface area contributed by atoms with E-state index < -0.39 is 0 Å². The number of nitrogen functional groups attached to an aromatic ring is 2. The molecular formula is C15H24ClN7. The van der Waals surface area contributed by atoms with Crippen molar-refractivity contribution in [1.29, 1.82) is 0 Å². The van der Waals surface area contributed by atoms with E-state index >= 15 is 0 Å². The van der Waals surface area contributed by atoms with Crippen LogP contribution in [0.5, 0.6) is 0 Å². The zero-order valence-electron chi connectivity index (χ0n) is 13.8. The topological polar surface area (TPSA) is 116 Å². The minimum Gasteiger partial charge on any atom is -0.370 e. The van der Waals surface area contributed by atoms with Gasteiger partial charge in [-0.05, 0) is 26.3 Å². The average molecular weight is 338 g/mol. The minimum absolute atomic E-state index is 0.222. The fourth-order valence-corrected chi connectivity index (χ4v) is 2.07. The molecule has 0 aromatic carbocycles. The van der Waals surface area contributed by atoms with Crippen LogP contribution in [0.15, 0.2) is 12.1 Å². The van der Waals surface area contributed by atoms with Crippen molar-refractivity contribution in [3.05, 3.63) is 28.7 Å². The Balaban J connectivity index is 0.000000253. The van der Waals surface area contributed by atoms with Gasteiger partial charge in [-0.3, -0.25) is 0 Å². The predicted octanol–water partition coefficient (Wildman–Crippen LogP) is 2.99. The van der Waals surface area contributed by atoms with Gasteiger partial charge in [0.2, 0.25) is 11.9 Å². The summed E-state index contributed by atoms with van der Waals surface area (Å²) in [7, 11) is 0. The molecule has 0 aliphatic heterocycles. The third-order valence-electron chi connectivity index (χ3n) is 2.80. The first-order valence-electron chi connectivity index (χ1n) is 7.52. The number of aromatic nitrogens is 4. The summed E-state index contributed by atoms with van der Waals surface area (Å²) < 4.78 is 0. The maximum atomic E-state index is 5.53. The molecule has 0 bridgehead atoms. The molecule has 2 heterocycles. The summed E-state index contributed by atoms with van der Waals surface area (Å²) >= 11 is 5.52. The first kappa shape index (κ1) is 18.9. The lowest BCUT2D eigenvalue weighted by Gasteiger charge is -2.05. The third-order valence-corrected chi connectivity index (χ3v) is 2.99. The largest absolute Gasteiger partial charge is 0.370 e. The van der Waals surface area contributed by atoms with Crippen LogP contribution in [0.2, 0.25) is 5.15 Å². The predicted molar refractivity (Wildman–Crippen MR) is 95.4 cm³/mol. The monoisotopic (exact) mass is 337 g/mol. The van der Waals surface area contributed by atoms with Gasteiger partial charge in [0.05, 0.1) is 0 Å². The Bertz CT molecular complexity index is 548. The maximum absolute atomic E-state index is 5.53. The van der Waals surface area contributed by atoms with E-state index in [4.69, 9.17) is 23.1 Å². The first-order valence-corrected chi connectivity index (χ1v) is 7.90. The second kappa shape index (κ2) is 9.78. The number of anilines is 3. The number of rotatable bonds is 5. The minimum atomic E-state index is 0.222. The van der Waals surface area contributed by atoms with Crippen molar-refractivity contribution in [2.45, 2.75) is 40.0 Å². The van der Waals surface area contributed by atoms with Gasteiger partial charge in [0, 0.05) is 24.0 Å². The van der Waals surface area contributed by atoms with Crippen LogP contribution >= 0.6 is 11.6 Å². The van der Waals surface area contributed by atoms with Crippen LogP contribution in [0.25, 0.3) is 0 Å². The second-order valence-electron chi connectivity index (χ2n) is 5.08. The highest BCUT2D eigenvalue weighted by Crippen LogP contribution is 2.07. The Morgan fingerprint density at radius 2 is 1.57 bits per heavy atom. The number of nitrogens with one attached hydrogen (secondary N) is 1. The molecule has 0 saturated carbocycles. The molecule has 0 unspecified atom stereocenters. The van der Waals surface area contributed by atoms with E-state index in [0.29, 0.717) is 11.1 Å². The molecule has 23 heavy (non-hydrogen) atoms.